The van der Waals surface area contributed by atoms with Gasteiger partial charge in [0.05, 0.1) is 12.1 Å². The van der Waals surface area contributed by atoms with Gasteiger partial charge in [-0.1, -0.05) is 29.8 Å². The topological polar surface area (TPSA) is 80.1 Å². The molecule has 24 heavy (non-hydrogen) atoms. The first-order valence-electron chi connectivity index (χ1n) is 6.99. The summed E-state index contributed by atoms with van der Waals surface area (Å²) in [6.45, 7) is 0.00779. The number of amides is 2. The molecule has 0 saturated carbocycles. The third-order valence-electron chi connectivity index (χ3n) is 3.05. The van der Waals surface area contributed by atoms with Crippen molar-refractivity contribution < 1.29 is 13.6 Å². The number of nitrogens with one attached hydrogen (secondary N) is 2. The van der Waals surface area contributed by atoms with Crippen LogP contribution >= 0.6 is 11.6 Å². The molecule has 2 amide bonds. The van der Waals surface area contributed by atoms with Gasteiger partial charge in [-0.3, -0.25) is 0 Å². The van der Waals surface area contributed by atoms with Gasteiger partial charge < -0.3 is 15.1 Å². The summed E-state index contributed by atoms with van der Waals surface area (Å²) < 4.78 is 19.0. The highest BCUT2D eigenvalue weighted by atomic mass is 35.5. The van der Waals surface area contributed by atoms with E-state index in [2.05, 4.69) is 20.8 Å². The second-order valence-corrected chi connectivity index (χ2v) is 5.24. The summed E-state index contributed by atoms with van der Waals surface area (Å²) in [4.78, 5) is 11.8. The molecule has 0 bridgehead atoms. The lowest BCUT2D eigenvalue weighted by Crippen LogP contribution is -2.28. The van der Waals surface area contributed by atoms with Crippen molar-refractivity contribution in [3.05, 3.63) is 65.3 Å². The Balaban J connectivity index is 1.59. The molecule has 6 nitrogen and oxygen atoms in total. The highest BCUT2D eigenvalue weighted by Crippen LogP contribution is 2.20. The minimum Gasteiger partial charge on any atom is -0.419 e. The number of rotatable bonds is 4. The van der Waals surface area contributed by atoms with E-state index in [1.54, 1.807) is 36.4 Å². The molecular formula is C16H12ClFN4O2. The van der Waals surface area contributed by atoms with Crippen LogP contribution in [0.4, 0.5) is 14.9 Å². The Morgan fingerprint density at radius 3 is 2.79 bits per heavy atom. The van der Waals surface area contributed by atoms with Crippen LogP contribution in [0, 0.1) is 5.82 Å². The predicted molar refractivity (Wildman–Crippen MR) is 87.0 cm³/mol. The van der Waals surface area contributed by atoms with Crippen LogP contribution in [0.15, 0.2) is 52.9 Å². The van der Waals surface area contributed by atoms with E-state index in [1.165, 1.54) is 12.1 Å². The molecule has 0 aliphatic rings. The zero-order valence-electron chi connectivity index (χ0n) is 12.3. The molecule has 8 heteroatoms. The van der Waals surface area contributed by atoms with E-state index in [-0.39, 0.29) is 23.9 Å². The average Bonchev–Trinajstić information content (AvgIpc) is 3.02. The smallest absolute Gasteiger partial charge is 0.319 e. The van der Waals surface area contributed by atoms with Gasteiger partial charge in [-0.05, 0) is 30.3 Å². The minimum atomic E-state index is -0.459. The summed E-state index contributed by atoms with van der Waals surface area (Å²) in [7, 11) is 0. The SMILES string of the molecule is O=C(NCc1nnc(-c2ccccc2F)o1)Nc1cccc(Cl)c1. The van der Waals surface area contributed by atoms with Crippen LogP contribution in [0.25, 0.3) is 11.5 Å². The number of carbonyl (C=O) groups is 1. The molecule has 0 radical (unpaired) electrons. The number of aromatic nitrogens is 2. The van der Waals surface area contributed by atoms with E-state index in [4.69, 9.17) is 16.0 Å². The molecule has 0 fully saturated rings. The van der Waals surface area contributed by atoms with Crippen LogP contribution < -0.4 is 10.6 Å². The van der Waals surface area contributed by atoms with Gasteiger partial charge in [0.15, 0.2) is 0 Å². The molecule has 2 N–H and O–H groups in total. The van der Waals surface area contributed by atoms with Gasteiger partial charge in [0, 0.05) is 10.7 Å². The molecule has 2 aromatic carbocycles. The van der Waals surface area contributed by atoms with Crippen molar-refractivity contribution in [3.63, 3.8) is 0 Å². The summed E-state index contributed by atoms with van der Waals surface area (Å²) in [6.07, 6.45) is 0. The molecule has 3 aromatic rings. The van der Waals surface area contributed by atoms with Crippen LogP contribution in [0.2, 0.25) is 5.02 Å². The fourth-order valence-corrected chi connectivity index (χ4v) is 2.16. The standard InChI is InChI=1S/C16H12ClFN4O2/c17-10-4-3-5-11(8-10)20-16(23)19-9-14-21-22-15(24-14)12-6-1-2-7-13(12)18/h1-8H,9H2,(H2,19,20,23). The van der Waals surface area contributed by atoms with Crippen molar-refractivity contribution in [1.82, 2.24) is 15.5 Å². The molecule has 122 valence electrons. The molecule has 0 atom stereocenters. The van der Waals surface area contributed by atoms with Gasteiger partial charge in [-0.2, -0.15) is 0 Å². The molecule has 1 aromatic heterocycles. The van der Waals surface area contributed by atoms with Crippen molar-refractivity contribution in [1.29, 1.82) is 0 Å². The van der Waals surface area contributed by atoms with Gasteiger partial charge in [0.25, 0.3) is 5.89 Å². The summed E-state index contributed by atoms with van der Waals surface area (Å²) in [5.74, 6) is -0.242. The molecule has 0 saturated heterocycles. The van der Waals surface area contributed by atoms with E-state index in [0.29, 0.717) is 10.7 Å². The Labute approximate surface area is 141 Å². The fraction of sp³-hybridized carbons (Fsp3) is 0.0625. The van der Waals surface area contributed by atoms with E-state index in [9.17, 15) is 9.18 Å². The van der Waals surface area contributed by atoms with E-state index in [1.807, 2.05) is 0 Å². The maximum atomic E-state index is 13.7. The van der Waals surface area contributed by atoms with Crippen LogP contribution in [-0.4, -0.2) is 16.2 Å². The third-order valence-corrected chi connectivity index (χ3v) is 3.29. The van der Waals surface area contributed by atoms with Gasteiger partial charge >= 0.3 is 6.03 Å². The molecule has 0 spiro atoms. The first-order valence-corrected chi connectivity index (χ1v) is 7.37. The summed E-state index contributed by atoms with van der Waals surface area (Å²) in [5.41, 5.74) is 0.761. The van der Waals surface area contributed by atoms with Crippen molar-refractivity contribution in [2.75, 3.05) is 5.32 Å². The second kappa shape index (κ2) is 7.10. The highest BCUT2D eigenvalue weighted by Gasteiger charge is 2.13. The molecule has 0 unspecified atom stereocenters. The van der Waals surface area contributed by atoms with Crippen LogP contribution in [0.5, 0.6) is 0 Å². The summed E-state index contributed by atoms with van der Waals surface area (Å²) in [6, 6.07) is 12.4. The van der Waals surface area contributed by atoms with Crippen LogP contribution in [-0.2, 0) is 6.54 Å². The zero-order valence-corrected chi connectivity index (χ0v) is 13.0. The van der Waals surface area contributed by atoms with E-state index >= 15 is 0 Å². The molecule has 0 aliphatic carbocycles. The lowest BCUT2D eigenvalue weighted by Gasteiger charge is -2.05. The van der Waals surface area contributed by atoms with Gasteiger partial charge in [0.2, 0.25) is 5.89 Å². The number of carbonyl (C=O) groups excluding carboxylic acids is 1. The maximum absolute atomic E-state index is 13.7. The van der Waals surface area contributed by atoms with Crippen molar-refractivity contribution >= 4 is 23.3 Å². The Hall–Kier alpha value is -2.93. The Morgan fingerprint density at radius 2 is 2.00 bits per heavy atom. The van der Waals surface area contributed by atoms with Crippen molar-refractivity contribution in [2.45, 2.75) is 6.54 Å². The predicted octanol–water partition coefficient (Wildman–Crippen LogP) is 3.85. The quantitative estimate of drug-likeness (QED) is 0.752. The largest absolute Gasteiger partial charge is 0.419 e. The zero-order chi connectivity index (χ0) is 16.9. The third kappa shape index (κ3) is 3.88. The lowest BCUT2D eigenvalue weighted by molar-refractivity contribution is 0.250. The first-order chi connectivity index (χ1) is 11.6. The number of hydrogen-bond donors (Lipinski definition) is 2. The second-order valence-electron chi connectivity index (χ2n) is 4.80. The van der Waals surface area contributed by atoms with Crippen LogP contribution in [0.1, 0.15) is 5.89 Å². The monoisotopic (exact) mass is 346 g/mol. The number of benzene rings is 2. The summed E-state index contributed by atoms with van der Waals surface area (Å²) >= 11 is 5.84. The van der Waals surface area contributed by atoms with Gasteiger partial charge in [0.1, 0.15) is 5.82 Å². The van der Waals surface area contributed by atoms with Crippen LogP contribution in [0.3, 0.4) is 0 Å². The average molecular weight is 347 g/mol. The number of anilines is 1. The highest BCUT2D eigenvalue weighted by molar-refractivity contribution is 6.30. The summed E-state index contributed by atoms with van der Waals surface area (Å²) in [5, 5.41) is 13.2. The maximum Gasteiger partial charge on any atom is 0.319 e. The number of hydrogen-bond acceptors (Lipinski definition) is 4. The van der Waals surface area contributed by atoms with E-state index < -0.39 is 11.8 Å². The first kappa shape index (κ1) is 15.9. The Morgan fingerprint density at radius 1 is 1.17 bits per heavy atom. The number of urea groups is 1. The fourth-order valence-electron chi connectivity index (χ4n) is 1.97. The van der Waals surface area contributed by atoms with Crippen molar-refractivity contribution in [2.24, 2.45) is 0 Å². The minimum absolute atomic E-state index is 0.00779. The molecule has 0 aliphatic heterocycles. The number of nitrogens with zero attached hydrogens (tertiary/aromatic N) is 2. The van der Waals surface area contributed by atoms with E-state index in [0.717, 1.165) is 0 Å². The normalized spacial score (nSPS) is 10.4. The molecule has 3 rings (SSSR count). The van der Waals surface area contributed by atoms with Gasteiger partial charge in [-0.15, -0.1) is 10.2 Å². The van der Waals surface area contributed by atoms with Gasteiger partial charge in [-0.25, -0.2) is 9.18 Å². The Kier molecular flexibility index (Phi) is 4.72. The lowest BCUT2D eigenvalue weighted by atomic mass is 10.2. The Bertz CT molecular complexity index is 869. The molecular weight excluding hydrogens is 335 g/mol. The number of halogens is 2. The molecule has 1 heterocycles. The van der Waals surface area contributed by atoms with Crippen molar-refractivity contribution in [3.8, 4) is 11.5 Å².